The van der Waals surface area contributed by atoms with Crippen LogP contribution in [0, 0.1) is 0 Å². The highest BCUT2D eigenvalue weighted by atomic mass is 16.2. The van der Waals surface area contributed by atoms with Crippen molar-refractivity contribution in [3.63, 3.8) is 0 Å². The van der Waals surface area contributed by atoms with E-state index in [1.807, 2.05) is 12.2 Å². The number of Topliss-reactive ketones (excluding diaryl/α,β-unsaturated/α-hetero) is 1. The summed E-state index contributed by atoms with van der Waals surface area (Å²) in [4.78, 5) is 25.1. The second-order valence-electron chi connectivity index (χ2n) is 5.36. The summed E-state index contributed by atoms with van der Waals surface area (Å²) in [6, 6.07) is 0. The summed E-state index contributed by atoms with van der Waals surface area (Å²) in [5, 5.41) is 0. The Labute approximate surface area is 117 Å². The van der Waals surface area contributed by atoms with E-state index >= 15 is 0 Å². The first-order valence-corrected chi connectivity index (χ1v) is 7.68. The molecule has 1 rings (SSSR count). The molecule has 0 aliphatic carbocycles. The zero-order chi connectivity index (χ0) is 13.9. The van der Waals surface area contributed by atoms with Crippen molar-refractivity contribution in [2.75, 3.05) is 13.1 Å². The molecule has 0 aromatic rings. The van der Waals surface area contributed by atoms with Crippen molar-refractivity contribution in [2.45, 2.75) is 64.7 Å². The number of carbonyl (C=O) groups is 2. The third-order valence-corrected chi connectivity index (χ3v) is 3.58. The molecule has 0 saturated heterocycles. The third-order valence-electron chi connectivity index (χ3n) is 3.58. The maximum atomic E-state index is 11.7. The molecule has 1 aliphatic rings. The monoisotopic (exact) mass is 265 g/mol. The number of ketones is 1. The normalized spacial score (nSPS) is 14.1. The van der Waals surface area contributed by atoms with Gasteiger partial charge in [-0.2, -0.15) is 0 Å². The molecule has 0 fully saturated rings. The van der Waals surface area contributed by atoms with Crippen LogP contribution in [-0.2, 0) is 9.59 Å². The Morgan fingerprint density at radius 1 is 0.947 bits per heavy atom. The topological polar surface area (TPSA) is 37.4 Å². The van der Waals surface area contributed by atoms with E-state index in [-0.39, 0.29) is 18.1 Å². The number of carbonyl (C=O) groups excluding carboxylic acids is 2. The van der Waals surface area contributed by atoms with Gasteiger partial charge in [-0.05, 0) is 6.42 Å². The molecule has 0 atom stereocenters. The molecule has 0 spiro atoms. The summed E-state index contributed by atoms with van der Waals surface area (Å²) >= 11 is 0. The molecule has 0 saturated carbocycles. The minimum Gasteiger partial charge on any atom is -0.335 e. The standard InChI is InChI=1S/C16H27NO2/c1-2-3-4-5-6-7-8-11-15(18)14-16(19)17-12-9-10-13-17/h9-10H,2-8,11-14H2,1H3. The average molecular weight is 265 g/mol. The van der Waals surface area contributed by atoms with Gasteiger partial charge >= 0.3 is 0 Å². The van der Waals surface area contributed by atoms with E-state index in [1.165, 1.54) is 32.1 Å². The van der Waals surface area contributed by atoms with Gasteiger partial charge in [-0.15, -0.1) is 0 Å². The van der Waals surface area contributed by atoms with Crippen LogP contribution in [0.4, 0.5) is 0 Å². The van der Waals surface area contributed by atoms with Crippen molar-refractivity contribution in [3.8, 4) is 0 Å². The fraction of sp³-hybridized carbons (Fsp3) is 0.750. The average Bonchev–Trinajstić information content (AvgIpc) is 2.91. The van der Waals surface area contributed by atoms with E-state index in [0.29, 0.717) is 19.5 Å². The van der Waals surface area contributed by atoms with Gasteiger partial charge in [0.15, 0.2) is 0 Å². The molecular formula is C16H27NO2. The molecule has 0 bridgehead atoms. The van der Waals surface area contributed by atoms with Crippen LogP contribution in [0.15, 0.2) is 12.2 Å². The molecule has 1 amide bonds. The first-order valence-electron chi connectivity index (χ1n) is 7.68. The maximum Gasteiger partial charge on any atom is 0.230 e. The number of nitrogens with zero attached hydrogens (tertiary/aromatic N) is 1. The van der Waals surface area contributed by atoms with Crippen molar-refractivity contribution in [1.29, 1.82) is 0 Å². The Morgan fingerprint density at radius 3 is 2.16 bits per heavy atom. The molecule has 0 aromatic carbocycles. The lowest BCUT2D eigenvalue weighted by Gasteiger charge is -2.14. The molecule has 0 N–H and O–H groups in total. The first-order chi connectivity index (χ1) is 9.24. The molecule has 19 heavy (non-hydrogen) atoms. The second-order valence-corrected chi connectivity index (χ2v) is 5.36. The SMILES string of the molecule is CCCCCCCCCC(=O)CC(=O)N1CC=CC1. The van der Waals surface area contributed by atoms with Gasteiger partial charge in [-0.1, -0.05) is 57.6 Å². The van der Waals surface area contributed by atoms with Crippen LogP contribution in [0.2, 0.25) is 0 Å². The summed E-state index contributed by atoms with van der Waals surface area (Å²) < 4.78 is 0. The molecule has 108 valence electrons. The van der Waals surface area contributed by atoms with Crippen LogP contribution in [0.1, 0.15) is 64.7 Å². The van der Waals surface area contributed by atoms with E-state index in [4.69, 9.17) is 0 Å². The van der Waals surface area contributed by atoms with Crippen molar-refractivity contribution < 1.29 is 9.59 Å². The zero-order valence-electron chi connectivity index (χ0n) is 12.2. The van der Waals surface area contributed by atoms with Gasteiger partial charge in [0, 0.05) is 19.5 Å². The van der Waals surface area contributed by atoms with E-state index in [0.717, 1.165) is 12.8 Å². The Hall–Kier alpha value is -1.12. The zero-order valence-corrected chi connectivity index (χ0v) is 12.2. The summed E-state index contributed by atoms with van der Waals surface area (Å²) in [6.45, 7) is 3.55. The summed E-state index contributed by atoms with van der Waals surface area (Å²) in [7, 11) is 0. The van der Waals surface area contributed by atoms with Crippen molar-refractivity contribution >= 4 is 11.7 Å². The molecule has 0 unspecified atom stereocenters. The second kappa shape index (κ2) is 9.76. The third kappa shape index (κ3) is 7.14. The highest BCUT2D eigenvalue weighted by Crippen LogP contribution is 2.10. The van der Waals surface area contributed by atoms with Gasteiger partial charge in [0.2, 0.25) is 5.91 Å². The lowest BCUT2D eigenvalue weighted by Crippen LogP contribution is -2.29. The number of rotatable bonds is 10. The lowest BCUT2D eigenvalue weighted by molar-refractivity contribution is -0.134. The predicted molar refractivity (Wildman–Crippen MR) is 78.0 cm³/mol. The van der Waals surface area contributed by atoms with E-state index in [1.54, 1.807) is 4.90 Å². The Kier molecular flexibility index (Phi) is 8.19. The Bertz CT molecular complexity index is 302. The number of unbranched alkanes of at least 4 members (excludes halogenated alkanes) is 6. The smallest absolute Gasteiger partial charge is 0.230 e. The lowest BCUT2D eigenvalue weighted by atomic mass is 10.1. The van der Waals surface area contributed by atoms with Gasteiger partial charge in [-0.25, -0.2) is 0 Å². The minimum atomic E-state index is -0.0158. The highest BCUT2D eigenvalue weighted by Gasteiger charge is 2.17. The Morgan fingerprint density at radius 2 is 1.53 bits per heavy atom. The van der Waals surface area contributed by atoms with Crippen molar-refractivity contribution in [1.82, 2.24) is 4.90 Å². The van der Waals surface area contributed by atoms with Gasteiger partial charge in [0.25, 0.3) is 0 Å². The first kappa shape index (κ1) is 15.9. The summed E-state index contributed by atoms with van der Waals surface area (Å²) in [5.41, 5.74) is 0. The molecule has 1 heterocycles. The summed E-state index contributed by atoms with van der Waals surface area (Å²) in [6.07, 6.45) is 13.1. The summed E-state index contributed by atoms with van der Waals surface area (Å²) in [5.74, 6) is 0.0865. The van der Waals surface area contributed by atoms with Crippen LogP contribution < -0.4 is 0 Å². The van der Waals surface area contributed by atoms with Crippen molar-refractivity contribution in [2.24, 2.45) is 0 Å². The van der Waals surface area contributed by atoms with Gasteiger partial charge in [-0.3, -0.25) is 9.59 Å². The fourth-order valence-electron chi connectivity index (χ4n) is 2.33. The maximum absolute atomic E-state index is 11.7. The van der Waals surface area contributed by atoms with Crippen LogP contribution in [0.25, 0.3) is 0 Å². The van der Waals surface area contributed by atoms with Gasteiger partial charge in [0.05, 0.1) is 6.42 Å². The number of hydrogen-bond acceptors (Lipinski definition) is 2. The van der Waals surface area contributed by atoms with Crippen molar-refractivity contribution in [3.05, 3.63) is 12.2 Å². The van der Waals surface area contributed by atoms with Crippen LogP contribution in [0.5, 0.6) is 0 Å². The molecule has 0 radical (unpaired) electrons. The van der Waals surface area contributed by atoms with E-state index in [9.17, 15) is 9.59 Å². The number of hydrogen-bond donors (Lipinski definition) is 0. The highest BCUT2D eigenvalue weighted by molar-refractivity contribution is 5.98. The largest absolute Gasteiger partial charge is 0.335 e. The molecule has 3 nitrogen and oxygen atoms in total. The Balaban J connectivity index is 1.97. The molecule has 1 aliphatic heterocycles. The fourth-order valence-corrected chi connectivity index (χ4v) is 2.33. The van der Waals surface area contributed by atoms with E-state index in [2.05, 4.69) is 6.92 Å². The predicted octanol–water partition coefficient (Wildman–Crippen LogP) is 3.48. The quantitative estimate of drug-likeness (QED) is 0.344. The molecule has 3 heteroatoms. The molecular weight excluding hydrogens is 238 g/mol. The van der Waals surface area contributed by atoms with Gasteiger partial charge < -0.3 is 4.90 Å². The number of amides is 1. The minimum absolute atomic E-state index is 0.0158. The van der Waals surface area contributed by atoms with Crippen LogP contribution >= 0.6 is 0 Å². The van der Waals surface area contributed by atoms with Crippen LogP contribution in [-0.4, -0.2) is 29.7 Å². The molecule has 0 aromatic heterocycles. The van der Waals surface area contributed by atoms with E-state index < -0.39 is 0 Å². The van der Waals surface area contributed by atoms with Gasteiger partial charge in [0.1, 0.15) is 5.78 Å². The van der Waals surface area contributed by atoms with Crippen LogP contribution in [0.3, 0.4) is 0 Å².